The number of carbonyl (C=O) groups is 2. The summed E-state index contributed by atoms with van der Waals surface area (Å²) in [6.45, 7) is 6.00. The molecule has 0 saturated carbocycles. The number of benzene rings is 1. The van der Waals surface area contributed by atoms with Crippen LogP contribution in [0.15, 0.2) is 24.3 Å². The third-order valence-corrected chi connectivity index (χ3v) is 4.54. The van der Waals surface area contributed by atoms with Gasteiger partial charge in [0.05, 0.1) is 25.1 Å². The lowest BCUT2D eigenvalue weighted by atomic mass is 9.97. The van der Waals surface area contributed by atoms with E-state index in [-0.39, 0.29) is 23.8 Å². The monoisotopic (exact) mass is 352 g/mol. The molecule has 1 aliphatic heterocycles. The van der Waals surface area contributed by atoms with Crippen LogP contribution in [0.5, 0.6) is 0 Å². The van der Waals surface area contributed by atoms with Crippen molar-refractivity contribution in [1.29, 1.82) is 0 Å². The van der Waals surface area contributed by atoms with Crippen molar-refractivity contribution >= 4 is 23.5 Å². The van der Waals surface area contributed by atoms with Crippen LogP contribution in [0.3, 0.4) is 0 Å². The average Bonchev–Trinajstić information content (AvgIpc) is 2.55. The zero-order chi connectivity index (χ0) is 17.5. The first-order valence-electron chi connectivity index (χ1n) is 8.43. The Bertz CT molecular complexity index is 571. The quantitative estimate of drug-likeness (QED) is 0.800. The fraction of sp³-hybridized carbons (Fsp3) is 0.556. The average molecular weight is 353 g/mol. The highest BCUT2D eigenvalue weighted by Gasteiger charge is 2.26. The predicted molar refractivity (Wildman–Crippen MR) is 93.8 cm³/mol. The Morgan fingerprint density at radius 3 is 2.71 bits per heavy atom. The molecule has 1 amide bonds. The Hall–Kier alpha value is -1.59. The summed E-state index contributed by atoms with van der Waals surface area (Å²) in [5.41, 5.74) is 0.983. The highest BCUT2D eigenvalue weighted by atomic mass is 35.5. The van der Waals surface area contributed by atoms with Crippen molar-refractivity contribution in [2.24, 2.45) is 5.92 Å². The smallest absolute Gasteiger partial charge is 0.309 e. The normalized spacial score (nSPS) is 17.3. The molecule has 1 aromatic carbocycles. The maximum absolute atomic E-state index is 12.2. The Balaban J connectivity index is 1.76. The molecule has 1 aromatic rings. The standard InChI is InChI=1S/C18H25ClN2O3/c1-3-24-18(23)14-7-9-21(10-8-14)12-17(22)20-13(2)15-5-4-6-16(19)11-15/h4-6,11,13-14H,3,7-10,12H2,1-2H3,(H,20,22)/t13-/m0/s1. The number of amides is 1. The van der Waals surface area contributed by atoms with E-state index in [0.717, 1.165) is 31.5 Å². The van der Waals surface area contributed by atoms with Crippen LogP contribution in [-0.2, 0) is 14.3 Å². The number of ether oxygens (including phenoxy) is 1. The van der Waals surface area contributed by atoms with Crippen LogP contribution in [0, 0.1) is 5.92 Å². The summed E-state index contributed by atoms with van der Waals surface area (Å²) in [5, 5.41) is 3.66. The first kappa shape index (κ1) is 18.7. The van der Waals surface area contributed by atoms with Crippen molar-refractivity contribution in [2.45, 2.75) is 32.7 Å². The molecule has 24 heavy (non-hydrogen) atoms. The summed E-state index contributed by atoms with van der Waals surface area (Å²) in [6.07, 6.45) is 1.49. The number of carbonyl (C=O) groups excluding carboxylic acids is 2. The van der Waals surface area contributed by atoms with Crippen LogP contribution in [0.1, 0.15) is 38.3 Å². The van der Waals surface area contributed by atoms with Gasteiger partial charge in [0.2, 0.25) is 5.91 Å². The largest absolute Gasteiger partial charge is 0.466 e. The van der Waals surface area contributed by atoms with Crippen LogP contribution in [0.4, 0.5) is 0 Å². The molecule has 1 atom stereocenters. The summed E-state index contributed by atoms with van der Waals surface area (Å²) in [6, 6.07) is 7.40. The van der Waals surface area contributed by atoms with E-state index in [2.05, 4.69) is 10.2 Å². The maximum Gasteiger partial charge on any atom is 0.309 e. The molecule has 0 aromatic heterocycles. The minimum Gasteiger partial charge on any atom is -0.466 e. The fourth-order valence-electron chi connectivity index (χ4n) is 2.94. The molecule has 1 N–H and O–H groups in total. The molecule has 0 aliphatic carbocycles. The number of nitrogens with zero attached hydrogens (tertiary/aromatic N) is 1. The topological polar surface area (TPSA) is 58.6 Å². The summed E-state index contributed by atoms with van der Waals surface area (Å²) in [4.78, 5) is 26.0. The second-order valence-electron chi connectivity index (χ2n) is 6.15. The number of esters is 1. The van der Waals surface area contributed by atoms with Crippen LogP contribution in [0.2, 0.25) is 5.02 Å². The predicted octanol–water partition coefficient (Wildman–Crippen LogP) is 2.79. The second kappa shape index (κ2) is 9.04. The molecule has 1 saturated heterocycles. The summed E-state index contributed by atoms with van der Waals surface area (Å²) in [5.74, 6) is -0.164. The van der Waals surface area contributed by atoms with E-state index < -0.39 is 0 Å². The Labute approximate surface area is 148 Å². The molecule has 2 rings (SSSR count). The molecule has 0 radical (unpaired) electrons. The van der Waals surface area contributed by atoms with E-state index in [9.17, 15) is 9.59 Å². The van der Waals surface area contributed by atoms with Crippen molar-refractivity contribution in [2.75, 3.05) is 26.2 Å². The summed E-state index contributed by atoms with van der Waals surface area (Å²) >= 11 is 5.98. The van der Waals surface area contributed by atoms with Gasteiger partial charge in [0, 0.05) is 5.02 Å². The molecule has 1 fully saturated rings. The molecule has 6 heteroatoms. The van der Waals surface area contributed by atoms with Crippen molar-refractivity contribution in [3.63, 3.8) is 0 Å². The van der Waals surface area contributed by atoms with Crippen LogP contribution in [0.25, 0.3) is 0 Å². The highest BCUT2D eigenvalue weighted by molar-refractivity contribution is 6.30. The van der Waals surface area contributed by atoms with Crippen molar-refractivity contribution in [1.82, 2.24) is 10.2 Å². The number of piperidine rings is 1. The lowest BCUT2D eigenvalue weighted by molar-refractivity contribution is -0.149. The molecule has 1 heterocycles. The second-order valence-corrected chi connectivity index (χ2v) is 6.58. The Kier molecular flexibility index (Phi) is 7.06. The number of hydrogen-bond donors (Lipinski definition) is 1. The lowest BCUT2D eigenvalue weighted by Crippen LogP contribution is -2.43. The number of nitrogens with one attached hydrogen (secondary N) is 1. The fourth-order valence-corrected chi connectivity index (χ4v) is 3.14. The Morgan fingerprint density at radius 2 is 2.08 bits per heavy atom. The lowest BCUT2D eigenvalue weighted by Gasteiger charge is -2.30. The van der Waals surface area contributed by atoms with Gasteiger partial charge in [0.25, 0.3) is 0 Å². The molecule has 132 valence electrons. The number of likely N-dealkylation sites (tertiary alicyclic amines) is 1. The maximum atomic E-state index is 12.2. The van der Waals surface area contributed by atoms with Gasteiger partial charge in [0.15, 0.2) is 0 Å². The van der Waals surface area contributed by atoms with E-state index in [1.807, 2.05) is 38.1 Å². The Morgan fingerprint density at radius 1 is 1.38 bits per heavy atom. The molecular weight excluding hydrogens is 328 g/mol. The number of rotatable bonds is 6. The van der Waals surface area contributed by atoms with Gasteiger partial charge < -0.3 is 10.1 Å². The van der Waals surface area contributed by atoms with Crippen molar-refractivity contribution in [3.05, 3.63) is 34.9 Å². The van der Waals surface area contributed by atoms with Gasteiger partial charge in [-0.3, -0.25) is 14.5 Å². The first-order chi connectivity index (χ1) is 11.5. The van der Waals surface area contributed by atoms with E-state index in [0.29, 0.717) is 18.2 Å². The van der Waals surface area contributed by atoms with E-state index in [4.69, 9.17) is 16.3 Å². The zero-order valence-electron chi connectivity index (χ0n) is 14.3. The van der Waals surface area contributed by atoms with Crippen LogP contribution >= 0.6 is 11.6 Å². The number of hydrogen-bond acceptors (Lipinski definition) is 4. The van der Waals surface area contributed by atoms with Crippen molar-refractivity contribution in [3.8, 4) is 0 Å². The molecule has 0 bridgehead atoms. The van der Waals surface area contributed by atoms with E-state index >= 15 is 0 Å². The molecule has 1 aliphatic rings. The zero-order valence-corrected chi connectivity index (χ0v) is 15.0. The minimum atomic E-state index is -0.115. The third kappa shape index (κ3) is 5.49. The van der Waals surface area contributed by atoms with Gasteiger partial charge in [-0.1, -0.05) is 23.7 Å². The van der Waals surface area contributed by atoms with Gasteiger partial charge in [-0.05, 0) is 57.5 Å². The summed E-state index contributed by atoms with van der Waals surface area (Å²) in [7, 11) is 0. The van der Waals surface area contributed by atoms with E-state index in [1.54, 1.807) is 0 Å². The molecular formula is C18H25ClN2O3. The van der Waals surface area contributed by atoms with Gasteiger partial charge in [-0.2, -0.15) is 0 Å². The van der Waals surface area contributed by atoms with Gasteiger partial charge in [-0.15, -0.1) is 0 Å². The highest BCUT2D eigenvalue weighted by Crippen LogP contribution is 2.19. The third-order valence-electron chi connectivity index (χ3n) is 4.30. The van der Waals surface area contributed by atoms with Crippen LogP contribution < -0.4 is 5.32 Å². The first-order valence-corrected chi connectivity index (χ1v) is 8.81. The van der Waals surface area contributed by atoms with Crippen LogP contribution in [-0.4, -0.2) is 43.0 Å². The molecule has 5 nitrogen and oxygen atoms in total. The van der Waals surface area contributed by atoms with Crippen molar-refractivity contribution < 1.29 is 14.3 Å². The summed E-state index contributed by atoms with van der Waals surface area (Å²) < 4.78 is 5.06. The molecule has 0 unspecified atom stereocenters. The van der Waals surface area contributed by atoms with E-state index in [1.165, 1.54) is 0 Å². The minimum absolute atomic E-state index is 0.0166. The van der Waals surface area contributed by atoms with Gasteiger partial charge in [0.1, 0.15) is 0 Å². The molecule has 0 spiro atoms. The van der Waals surface area contributed by atoms with Gasteiger partial charge in [-0.25, -0.2) is 0 Å². The SMILES string of the molecule is CCOC(=O)C1CCN(CC(=O)N[C@@H](C)c2cccc(Cl)c2)CC1. The number of halogens is 1. The van der Waals surface area contributed by atoms with Gasteiger partial charge >= 0.3 is 5.97 Å².